The summed E-state index contributed by atoms with van der Waals surface area (Å²) in [5.41, 5.74) is 0.0259. The van der Waals surface area contributed by atoms with Crippen LogP contribution in [0.4, 0.5) is 10.5 Å². The van der Waals surface area contributed by atoms with Gasteiger partial charge in [-0.25, -0.2) is 18.4 Å². The highest BCUT2D eigenvalue weighted by molar-refractivity contribution is 7.89. The van der Waals surface area contributed by atoms with Gasteiger partial charge in [0.25, 0.3) is 0 Å². The fourth-order valence-corrected chi connectivity index (χ4v) is 1.80. The number of rotatable bonds is 4. The van der Waals surface area contributed by atoms with E-state index in [-0.39, 0.29) is 23.8 Å². The van der Waals surface area contributed by atoms with Gasteiger partial charge in [0.1, 0.15) is 11.5 Å². The highest BCUT2D eigenvalue weighted by Crippen LogP contribution is 2.19. The van der Waals surface area contributed by atoms with Crippen molar-refractivity contribution in [3.8, 4) is 0 Å². The van der Waals surface area contributed by atoms with Gasteiger partial charge in [0.15, 0.2) is 0 Å². The number of carbonyl (C=O) groups excluding carboxylic acids is 1. The smallest absolute Gasteiger partial charge is 0.411 e. The topological polar surface area (TPSA) is 119 Å². The van der Waals surface area contributed by atoms with Crippen molar-refractivity contribution in [1.82, 2.24) is 0 Å². The van der Waals surface area contributed by atoms with Crippen LogP contribution >= 0.6 is 0 Å². The molecule has 1 rings (SSSR count). The Kier molecular flexibility index (Phi) is 4.44. The summed E-state index contributed by atoms with van der Waals surface area (Å²) in [6, 6.07) is 5.65. The molecule has 0 atom stereocenters. The average molecular weight is 260 g/mol. The van der Waals surface area contributed by atoms with Crippen molar-refractivity contribution in [3.05, 3.63) is 24.3 Å². The molecule has 0 fully saturated rings. The highest BCUT2D eigenvalue weighted by atomic mass is 32.2. The van der Waals surface area contributed by atoms with Crippen molar-refractivity contribution >= 4 is 21.8 Å². The van der Waals surface area contributed by atoms with E-state index in [0.717, 1.165) is 0 Å². The van der Waals surface area contributed by atoms with Crippen LogP contribution in [-0.2, 0) is 14.8 Å². The van der Waals surface area contributed by atoms with Crippen LogP contribution in [0.2, 0.25) is 0 Å². The first-order valence-corrected chi connectivity index (χ1v) is 6.16. The predicted molar refractivity (Wildman–Crippen MR) is 59.9 cm³/mol. The van der Waals surface area contributed by atoms with E-state index in [2.05, 4.69) is 10.1 Å². The molecule has 0 saturated heterocycles. The van der Waals surface area contributed by atoms with E-state index in [9.17, 15) is 13.2 Å². The van der Waals surface area contributed by atoms with Crippen molar-refractivity contribution in [1.29, 1.82) is 0 Å². The van der Waals surface area contributed by atoms with E-state index in [1.807, 2.05) is 0 Å². The summed E-state index contributed by atoms with van der Waals surface area (Å²) in [7, 11) is -3.92. The molecule has 0 saturated carbocycles. The first kappa shape index (κ1) is 13.4. The van der Waals surface area contributed by atoms with E-state index in [4.69, 9.17) is 10.2 Å². The van der Waals surface area contributed by atoms with Gasteiger partial charge >= 0.3 is 6.09 Å². The van der Waals surface area contributed by atoms with Crippen LogP contribution in [0.1, 0.15) is 0 Å². The number of benzene rings is 1. The molecule has 1 aromatic carbocycles. The molecule has 0 heterocycles. The summed E-state index contributed by atoms with van der Waals surface area (Å²) in [6.45, 7) is -0.492. The van der Waals surface area contributed by atoms with Crippen molar-refractivity contribution in [2.24, 2.45) is 5.14 Å². The molecule has 0 aliphatic carbocycles. The third-order valence-electron chi connectivity index (χ3n) is 1.75. The minimum absolute atomic E-state index is 0.0259. The minimum Gasteiger partial charge on any atom is -0.447 e. The lowest BCUT2D eigenvalue weighted by Gasteiger charge is -2.09. The molecular weight excluding hydrogens is 248 g/mol. The summed E-state index contributed by atoms with van der Waals surface area (Å²) < 4.78 is 26.9. The fraction of sp³-hybridized carbons (Fsp3) is 0.222. The zero-order valence-corrected chi connectivity index (χ0v) is 9.61. The van der Waals surface area contributed by atoms with Crippen LogP contribution in [0.15, 0.2) is 29.2 Å². The molecule has 1 amide bonds. The number of hydrogen-bond acceptors (Lipinski definition) is 5. The number of anilines is 1. The average Bonchev–Trinajstić information content (AvgIpc) is 2.25. The summed E-state index contributed by atoms with van der Waals surface area (Å²) in [6.07, 6.45) is -0.866. The van der Waals surface area contributed by atoms with E-state index < -0.39 is 16.1 Å². The number of amides is 1. The normalized spacial score (nSPS) is 10.9. The van der Waals surface area contributed by atoms with Crippen LogP contribution in [-0.4, -0.2) is 32.8 Å². The summed E-state index contributed by atoms with van der Waals surface area (Å²) in [4.78, 5) is 11.0. The van der Waals surface area contributed by atoms with Crippen molar-refractivity contribution in [3.63, 3.8) is 0 Å². The third-order valence-corrected chi connectivity index (χ3v) is 2.72. The molecule has 0 aliphatic rings. The molecule has 1 aromatic rings. The Hall–Kier alpha value is -1.64. The Morgan fingerprint density at radius 1 is 1.41 bits per heavy atom. The van der Waals surface area contributed by atoms with Gasteiger partial charge in [-0.3, -0.25) is 5.32 Å². The molecule has 0 spiro atoms. The van der Waals surface area contributed by atoms with Gasteiger partial charge in [0, 0.05) is 0 Å². The van der Waals surface area contributed by atoms with Gasteiger partial charge in [-0.15, -0.1) is 0 Å². The lowest BCUT2D eigenvalue weighted by molar-refractivity contribution is 0.131. The van der Waals surface area contributed by atoms with Crippen molar-refractivity contribution in [2.75, 3.05) is 18.5 Å². The summed E-state index contributed by atoms with van der Waals surface area (Å²) in [5, 5.41) is 15.6. The molecule has 4 N–H and O–H groups in total. The number of nitrogens with one attached hydrogen (secondary N) is 1. The van der Waals surface area contributed by atoms with Crippen LogP contribution in [0.25, 0.3) is 0 Å². The Labute approximate surface area is 98.2 Å². The monoisotopic (exact) mass is 260 g/mol. The largest absolute Gasteiger partial charge is 0.447 e. The number of primary sulfonamides is 1. The van der Waals surface area contributed by atoms with Crippen molar-refractivity contribution < 1.29 is 23.1 Å². The van der Waals surface area contributed by atoms with Gasteiger partial charge in [-0.1, -0.05) is 12.1 Å². The number of ether oxygens (including phenoxy) is 1. The summed E-state index contributed by atoms with van der Waals surface area (Å²) in [5.74, 6) is 0. The second-order valence-electron chi connectivity index (χ2n) is 3.03. The van der Waals surface area contributed by atoms with Gasteiger partial charge < -0.3 is 9.84 Å². The van der Waals surface area contributed by atoms with E-state index >= 15 is 0 Å². The van der Waals surface area contributed by atoms with Crippen LogP contribution in [0, 0.1) is 0 Å². The molecule has 0 aromatic heterocycles. The third kappa shape index (κ3) is 4.02. The Morgan fingerprint density at radius 3 is 2.65 bits per heavy atom. The minimum atomic E-state index is -3.92. The Bertz CT molecular complexity index is 500. The molecule has 0 aliphatic heterocycles. The molecule has 94 valence electrons. The van der Waals surface area contributed by atoms with Crippen LogP contribution in [0.5, 0.6) is 0 Å². The molecule has 0 radical (unpaired) electrons. The summed E-state index contributed by atoms with van der Waals surface area (Å²) >= 11 is 0. The molecular formula is C9H12N2O5S. The molecule has 0 unspecified atom stereocenters. The number of hydrogen-bond donors (Lipinski definition) is 3. The Morgan fingerprint density at radius 2 is 2.06 bits per heavy atom. The fourth-order valence-electron chi connectivity index (χ4n) is 1.10. The quantitative estimate of drug-likeness (QED) is 0.697. The van der Waals surface area contributed by atoms with Crippen LogP contribution in [0.3, 0.4) is 0 Å². The van der Waals surface area contributed by atoms with E-state index in [1.54, 1.807) is 0 Å². The lowest BCUT2D eigenvalue weighted by Crippen LogP contribution is -2.19. The van der Waals surface area contributed by atoms with Gasteiger partial charge in [0.05, 0.1) is 12.3 Å². The second kappa shape index (κ2) is 5.62. The van der Waals surface area contributed by atoms with E-state index in [0.29, 0.717) is 0 Å². The number of carbonyl (C=O) groups is 1. The zero-order valence-electron chi connectivity index (χ0n) is 8.79. The standard InChI is InChI=1S/C9H12N2O5S/c10-17(14,15)8-4-2-1-3-7(8)11-9(13)16-6-5-12/h1-4,12H,5-6H2,(H,11,13)(H2,10,14,15). The number of nitrogens with two attached hydrogens (primary N) is 1. The molecule has 7 nitrogen and oxygen atoms in total. The van der Waals surface area contributed by atoms with Crippen molar-refractivity contribution in [2.45, 2.75) is 4.90 Å². The first-order chi connectivity index (χ1) is 7.95. The molecule has 17 heavy (non-hydrogen) atoms. The van der Waals surface area contributed by atoms with Gasteiger partial charge in [-0.05, 0) is 12.1 Å². The maximum absolute atomic E-state index is 11.2. The number of aliphatic hydroxyl groups is 1. The predicted octanol–water partition coefficient (Wildman–Crippen LogP) is -0.125. The maximum Gasteiger partial charge on any atom is 0.411 e. The number of sulfonamides is 1. The highest BCUT2D eigenvalue weighted by Gasteiger charge is 2.15. The first-order valence-electron chi connectivity index (χ1n) is 4.61. The SMILES string of the molecule is NS(=O)(=O)c1ccccc1NC(=O)OCCO. The van der Waals surface area contributed by atoms with Gasteiger partial charge in [0.2, 0.25) is 10.0 Å². The number of para-hydroxylation sites is 1. The van der Waals surface area contributed by atoms with E-state index in [1.165, 1.54) is 24.3 Å². The number of aliphatic hydroxyl groups excluding tert-OH is 1. The molecule has 8 heteroatoms. The maximum atomic E-state index is 11.2. The zero-order chi connectivity index (χ0) is 12.9. The van der Waals surface area contributed by atoms with Gasteiger partial charge in [-0.2, -0.15) is 0 Å². The molecule has 0 bridgehead atoms. The van der Waals surface area contributed by atoms with Crippen LogP contribution < -0.4 is 10.5 Å². The lowest BCUT2D eigenvalue weighted by atomic mass is 10.3. The second-order valence-corrected chi connectivity index (χ2v) is 4.56. The Balaban J connectivity index is 2.88.